The Morgan fingerprint density at radius 1 is 0.868 bits per heavy atom. The topological polar surface area (TPSA) is 251 Å². The summed E-state index contributed by atoms with van der Waals surface area (Å²) in [5.74, 6) is -6.69. The first-order valence-corrected chi connectivity index (χ1v) is 11.9. The maximum atomic E-state index is 12.9. The Kier molecular flexibility index (Phi) is 12.7. The van der Waals surface area contributed by atoms with E-state index in [-0.39, 0.29) is 30.9 Å². The van der Waals surface area contributed by atoms with E-state index >= 15 is 0 Å². The number of carbonyl (C=O) groups is 6. The highest BCUT2D eigenvalue weighted by atomic mass is 16.4. The molecule has 0 fully saturated rings. The predicted molar refractivity (Wildman–Crippen MR) is 133 cm³/mol. The number of hydrogen-bond acceptors (Lipinski definition) is 8. The highest BCUT2D eigenvalue weighted by Gasteiger charge is 2.32. The van der Waals surface area contributed by atoms with E-state index in [0.717, 1.165) is 0 Å². The molecule has 0 saturated carbocycles. The zero-order chi connectivity index (χ0) is 29.0. The Morgan fingerprint density at radius 3 is 1.89 bits per heavy atom. The third-order valence-corrected chi connectivity index (χ3v) is 5.87. The van der Waals surface area contributed by atoms with E-state index in [1.165, 1.54) is 24.3 Å². The van der Waals surface area contributed by atoms with Crippen molar-refractivity contribution in [2.45, 2.75) is 70.1 Å². The molecule has 14 nitrogen and oxygen atoms in total. The van der Waals surface area contributed by atoms with Crippen molar-refractivity contribution in [2.24, 2.45) is 17.4 Å². The van der Waals surface area contributed by atoms with Crippen LogP contribution in [0, 0.1) is 5.92 Å². The second kappa shape index (κ2) is 15.1. The molecule has 5 atom stereocenters. The van der Waals surface area contributed by atoms with Crippen LogP contribution in [0.2, 0.25) is 0 Å². The van der Waals surface area contributed by atoms with Crippen molar-refractivity contribution >= 4 is 35.6 Å². The maximum absolute atomic E-state index is 12.9. The molecule has 0 aliphatic rings. The van der Waals surface area contributed by atoms with Gasteiger partial charge in [0.1, 0.15) is 23.9 Å². The molecule has 0 radical (unpaired) electrons. The first-order valence-electron chi connectivity index (χ1n) is 11.9. The number of carboxylic acids is 2. The fraction of sp³-hybridized carbons (Fsp3) is 0.500. The number of carbonyl (C=O) groups excluding carboxylic acids is 4. The molecule has 0 aliphatic carbocycles. The number of aromatic hydroxyl groups is 1. The lowest BCUT2D eigenvalue weighted by molar-refractivity contribution is -0.143. The van der Waals surface area contributed by atoms with Crippen LogP contribution >= 0.6 is 0 Å². The van der Waals surface area contributed by atoms with Gasteiger partial charge < -0.3 is 42.7 Å². The molecule has 38 heavy (non-hydrogen) atoms. The van der Waals surface area contributed by atoms with E-state index < -0.39 is 66.2 Å². The molecule has 210 valence electrons. The Labute approximate surface area is 219 Å². The number of primary amides is 1. The minimum atomic E-state index is -1.61. The summed E-state index contributed by atoms with van der Waals surface area (Å²) >= 11 is 0. The van der Waals surface area contributed by atoms with Gasteiger partial charge in [-0.2, -0.15) is 0 Å². The fourth-order valence-corrected chi connectivity index (χ4v) is 3.33. The molecule has 14 heteroatoms. The average Bonchev–Trinajstić information content (AvgIpc) is 2.85. The minimum Gasteiger partial charge on any atom is -0.508 e. The SMILES string of the molecule is CCC(C)C(N)C(=O)NC(CC(=O)O)C(=O)NC(CCC(N)=O)C(=O)NC(Cc1ccc(O)cc1)C(=O)O. The molecule has 5 unspecified atom stereocenters. The third-order valence-electron chi connectivity index (χ3n) is 5.87. The van der Waals surface area contributed by atoms with Crippen molar-refractivity contribution in [3.05, 3.63) is 29.8 Å². The molecule has 0 saturated heterocycles. The number of benzene rings is 1. The van der Waals surface area contributed by atoms with Gasteiger partial charge in [0, 0.05) is 12.8 Å². The van der Waals surface area contributed by atoms with Crippen molar-refractivity contribution in [3.8, 4) is 5.75 Å². The zero-order valence-electron chi connectivity index (χ0n) is 21.2. The van der Waals surface area contributed by atoms with Gasteiger partial charge in [-0.05, 0) is 30.0 Å². The minimum absolute atomic E-state index is 0.0352. The maximum Gasteiger partial charge on any atom is 0.326 e. The van der Waals surface area contributed by atoms with Crippen LogP contribution < -0.4 is 27.4 Å². The van der Waals surface area contributed by atoms with Crippen LogP contribution in [0.3, 0.4) is 0 Å². The second-order valence-electron chi connectivity index (χ2n) is 8.91. The van der Waals surface area contributed by atoms with E-state index in [1.54, 1.807) is 13.8 Å². The van der Waals surface area contributed by atoms with Gasteiger partial charge in [0.05, 0.1) is 12.5 Å². The van der Waals surface area contributed by atoms with E-state index in [4.69, 9.17) is 11.5 Å². The molecule has 4 amide bonds. The molecule has 0 heterocycles. The molecule has 0 bridgehead atoms. The number of nitrogens with two attached hydrogens (primary N) is 2. The van der Waals surface area contributed by atoms with Crippen LogP contribution in [-0.2, 0) is 35.2 Å². The van der Waals surface area contributed by atoms with Crippen LogP contribution in [0.5, 0.6) is 5.75 Å². The monoisotopic (exact) mass is 537 g/mol. The molecular formula is C24H35N5O9. The average molecular weight is 538 g/mol. The quantitative estimate of drug-likeness (QED) is 0.122. The lowest BCUT2D eigenvalue weighted by Crippen LogP contribution is -2.58. The zero-order valence-corrected chi connectivity index (χ0v) is 21.2. The number of aliphatic carboxylic acids is 2. The van der Waals surface area contributed by atoms with Crippen molar-refractivity contribution < 1.29 is 44.1 Å². The van der Waals surface area contributed by atoms with Gasteiger partial charge in [-0.15, -0.1) is 0 Å². The highest BCUT2D eigenvalue weighted by Crippen LogP contribution is 2.12. The Morgan fingerprint density at radius 2 is 1.39 bits per heavy atom. The van der Waals surface area contributed by atoms with E-state index in [9.17, 15) is 44.1 Å². The van der Waals surface area contributed by atoms with E-state index in [0.29, 0.717) is 12.0 Å². The Bertz CT molecular complexity index is 1020. The predicted octanol–water partition coefficient (Wildman–Crippen LogP) is -1.41. The fourth-order valence-electron chi connectivity index (χ4n) is 3.33. The Balaban J connectivity index is 3.08. The highest BCUT2D eigenvalue weighted by molar-refractivity contribution is 5.95. The third kappa shape index (κ3) is 10.8. The first-order chi connectivity index (χ1) is 17.7. The summed E-state index contributed by atoms with van der Waals surface area (Å²) in [5.41, 5.74) is 11.5. The normalized spacial score (nSPS) is 14.7. The number of rotatable bonds is 16. The van der Waals surface area contributed by atoms with Crippen LogP contribution in [-0.4, -0.2) is 75.1 Å². The number of nitrogens with one attached hydrogen (secondary N) is 3. The summed E-state index contributed by atoms with van der Waals surface area (Å²) in [7, 11) is 0. The number of phenols is 1. The van der Waals surface area contributed by atoms with Crippen LogP contribution in [0.4, 0.5) is 0 Å². The lowest BCUT2D eigenvalue weighted by atomic mass is 9.99. The van der Waals surface area contributed by atoms with Crippen molar-refractivity contribution in [1.29, 1.82) is 0 Å². The van der Waals surface area contributed by atoms with Crippen molar-refractivity contribution in [1.82, 2.24) is 16.0 Å². The van der Waals surface area contributed by atoms with Gasteiger partial charge in [-0.1, -0.05) is 32.4 Å². The van der Waals surface area contributed by atoms with Gasteiger partial charge in [0.25, 0.3) is 0 Å². The van der Waals surface area contributed by atoms with Crippen LogP contribution in [0.15, 0.2) is 24.3 Å². The van der Waals surface area contributed by atoms with Gasteiger partial charge in [-0.3, -0.25) is 24.0 Å². The second-order valence-corrected chi connectivity index (χ2v) is 8.91. The molecule has 0 aromatic heterocycles. The summed E-state index contributed by atoms with van der Waals surface area (Å²) in [6.07, 6.45) is -1.12. The molecule has 0 aliphatic heterocycles. The van der Waals surface area contributed by atoms with Gasteiger partial charge in [0.15, 0.2) is 0 Å². The largest absolute Gasteiger partial charge is 0.508 e. The van der Waals surface area contributed by atoms with Gasteiger partial charge in [0.2, 0.25) is 23.6 Å². The summed E-state index contributed by atoms with van der Waals surface area (Å²) < 4.78 is 0. The number of carboxylic acid groups (broad SMARTS) is 2. The molecule has 10 N–H and O–H groups in total. The molecule has 0 spiro atoms. The lowest BCUT2D eigenvalue weighted by Gasteiger charge is -2.25. The molecule has 1 aromatic carbocycles. The molecular weight excluding hydrogens is 502 g/mol. The Hall–Kier alpha value is -4.20. The standard InChI is InChI=1S/C24H35N5O9/c1-3-12(2)20(26)23(36)28-16(11-19(32)33)22(35)27-15(8-9-18(25)31)21(34)29-17(24(37)38)10-13-4-6-14(30)7-5-13/h4-7,12,15-17,20,30H,3,8-11,26H2,1-2H3,(H2,25,31)(H,27,35)(H,28,36)(H,29,34)(H,32,33)(H,37,38). The van der Waals surface area contributed by atoms with E-state index in [1.807, 2.05) is 0 Å². The molecule has 1 rings (SSSR count). The van der Waals surface area contributed by atoms with Crippen molar-refractivity contribution in [2.75, 3.05) is 0 Å². The number of hydrogen-bond donors (Lipinski definition) is 8. The summed E-state index contributed by atoms with van der Waals surface area (Å²) in [6.45, 7) is 3.50. The van der Waals surface area contributed by atoms with Gasteiger partial charge in [-0.25, -0.2) is 4.79 Å². The smallest absolute Gasteiger partial charge is 0.326 e. The first kappa shape index (κ1) is 31.8. The number of phenolic OH excluding ortho intramolecular Hbond substituents is 1. The van der Waals surface area contributed by atoms with Crippen LogP contribution in [0.25, 0.3) is 0 Å². The van der Waals surface area contributed by atoms with E-state index in [2.05, 4.69) is 16.0 Å². The summed E-state index contributed by atoms with van der Waals surface area (Å²) in [6, 6.07) is 0.0724. The van der Waals surface area contributed by atoms with Crippen LogP contribution in [0.1, 0.15) is 45.1 Å². The van der Waals surface area contributed by atoms with Gasteiger partial charge >= 0.3 is 11.9 Å². The summed E-state index contributed by atoms with van der Waals surface area (Å²) in [4.78, 5) is 72.7. The summed E-state index contributed by atoms with van der Waals surface area (Å²) in [5, 5.41) is 35.0. The number of amides is 4. The van der Waals surface area contributed by atoms with Crippen molar-refractivity contribution in [3.63, 3.8) is 0 Å². The molecule has 1 aromatic rings.